The Hall–Kier alpha value is -2.02. The molecule has 1 aliphatic carbocycles. The molecule has 1 saturated carbocycles. The summed E-state index contributed by atoms with van der Waals surface area (Å²) in [6, 6.07) is 9.35. The van der Waals surface area contributed by atoms with Crippen LogP contribution in [0.25, 0.3) is 0 Å². The van der Waals surface area contributed by atoms with Crippen LogP contribution in [0.2, 0.25) is 0 Å². The summed E-state index contributed by atoms with van der Waals surface area (Å²) in [6.07, 6.45) is 1.26. The molecule has 0 radical (unpaired) electrons. The molecule has 1 aromatic rings. The second-order valence-corrected chi connectivity index (χ2v) is 4.86. The summed E-state index contributed by atoms with van der Waals surface area (Å²) in [4.78, 5) is 12.2. The predicted octanol–water partition coefficient (Wildman–Crippen LogP) is 2.57. The van der Waals surface area contributed by atoms with Gasteiger partial charge in [-0.1, -0.05) is 19.1 Å². The van der Waals surface area contributed by atoms with Crippen molar-refractivity contribution in [1.29, 1.82) is 5.26 Å². The largest absolute Gasteiger partial charge is 0.495 e. The average Bonchev–Trinajstić information content (AvgIpc) is 2.35. The number of methoxy groups -OCH3 is 1. The Balaban J connectivity index is 2.15. The van der Waals surface area contributed by atoms with E-state index in [1.165, 1.54) is 0 Å². The Morgan fingerprint density at radius 3 is 2.72 bits per heavy atom. The summed E-state index contributed by atoms with van der Waals surface area (Å²) in [5.74, 6) is 0.812. The van der Waals surface area contributed by atoms with Crippen molar-refractivity contribution in [2.45, 2.75) is 19.8 Å². The molecular formula is C14H16N2O2. The molecule has 1 N–H and O–H groups in total. The predicted molar refractivity (Wildman–Crippen MR) is 68.1 cm³/mol. The summed E-state index contributed by atoms with van der Waals surface area (Å²) in [5, 5.41) is 12.0. The lowest BCUT2D eigenvalue weighted by molar-refractivity contribution is -0.128. The van der Waals surface area contributed by atoms with Gasteiger partial charge in [0.25, 0.3) is 0 Å². The highest BCUT2D eigenvalue weighted by molar-refractivity contribution is 5.99. The monoisotopic (exact) mass is 244 g/mol. The average molecular weight is 244 g/mol. The molecule has 4 nitrogen and oxygen atoms in total. The second-order valence-electron chi connectivity index (χ2n) is 4.86. The first kappa shape index (κ1) is 12.4. The minimum Gasteiger partial charge on any atom is -0.495 e. The van der Waals surface area contributed by atoms with Crippen LogP contribution >= 0.6 is 0 Å². The molecule has 2 rings (SSSR count). The molecule has 0 aliphatic heterocycles. The lowest BCUT2D eigenvalue weighted by Crippen LogP contribution is -2.45. The summed E-state index contributed by atoms with van der Waals surface area (Å²) in [7, 11) is 1.55. The molecule has 1 fully saturated rings. The maximum Gasteiger partial charge on any atom is 0.244 e. The zero-order valence-corrected chi connectivity index (χ0v) is 10.6. The van der Waals surface area contributed by atoms with Gasteiger partial charge >= 0.3 is 0 Å². The summed E-state index contributed by atoms with van der Waals surface area (Å²) in [6.45, 7) is 2.05. The van der Waals surface area contributed by atoms with E-state index >= 15 is 0 Å². The molecule has 94 valence electrons. The fourth-order valence-electron chi connectivity index (χ4n) is 2.45. The first-order chi connectivity index (χ1) is 8.61. The van der Waals surface area contributed by atoms with Crippen LogP contribution in [0.15, 0.2) is 24.3 Å². The number of nitriles is 1. The smallest absolute Gasteiger partial charge is 0.244 e. The quantitative estimate of drug-likeness (QED) is 0.888. The number of para-hydroxylation sites is 2. The number of hydrogen-bond acceptors (Lipinski definition) is 3. The zero-order valence-electron chi connectivity index (χ0n) is 10.6. The van der Waals surface area contributed by atoms with E-state index in [4.69, 9.17) is 4.74 Å². The zero-order chi connectivity index (χ0) is 13.2. The molecule has 0 unspecified atom stereocenters. The van der Waals surface area contributed by atoms with Crippen molar-refractivity contribution in [1.82, 2.24) is 0 Å². The number of anilines is 1. The van der Waals surface area contributed by atoms with Gasteiger partial charge in [-0.2, -0.15) is 5.26 Å². The van der Waals surface area contributed by atoms with Crippen molar-refractivity contribution in [3.05, 3.63) is 24.3 Å². The Labute approximate surface area is 107 Å². The molecule has 0 bridgehead atoms. The number of nitrogens with one attached hydrogen (secondary N) is 1. The molecule has 0 spiro atoms. The highest BCUT2D eigenvalue weighted by atomic mass is 16.5. The Kier molecular flexibility index (Phi) is 3.24. The van der Waals surface area contributed by atoms with Crippen molar-refractivity contribution in [2.75, 3.05) is 12.4 Å². The number of hydrogen-bond donors (Lipinski definition) is 1. The van der Waals surface area contributed by atoms with E-state index in [-0.39, 0.29) is 5.91 Å². The number of carbonyl (C=O) groups excluding carboxylic acids is 1. The van der Waals surface area contributed by atoms with Gasteiger partial charge in [0, 0.05) is 0 Å². The van der Waals surface area contributed by atoms with Gasteiger partial charge in [-0.05, 0) is 30.9 Å². The van der Waals surface area contributed by atoms with Crippen LogP contribution in [-0.2, 0) is 4.79 Å². The van der Waals surface area contributed by atoms with Gasteiger partial charge in [0.15, 0.2) is 0 Å². The Bertz CT molecular complexity index is 499. The molecule has 1 aromatic carbocycles. The highest BCUT2D eigenvalue weighted by Gasteiger charge is 2.49. The van der Waals surface area contributed by atoms with Crippen molar-refractivity contribution in [2.24, 2.45) is 11.3 Å². The van der Waals surface area contributed by atoms with E-state index in [1.54, 1.807) is 19.2 Å². The van der Waals surface area contributed by atoms with Gasteiger partial charge in [0.1, 0.15) is 11.2 Å². The Morgan fingerprint density at radius 1 is 1.50 bits per heavy atom. The lowest BCUT2D eigenvalue weighted by atomic mass is 9.63. The first-order valence-corrected chi connectivity index (χ1v) is 5.97. The molecule has 0 atom stereocenters. The SMILES string of the molecule is COc1ccccc1NC(=O)C1(C#N)CC(C)C1. The van der Waals surface area contributed by atoms with Crippen LogP contribution < -0.4 is 10.1 Å². The van der Waals surface area contributed by atoms with Crippen molar-refractivity contribution < 1.29 is 9.53 Å². The third kappa shape index (κ3) is 2.04. The first-order valence-electron chi connectivity index (χ1n) is 5.97. The van der Waals surface area contributed by atoms with Crippen LogP contribution in [-0.4, -0.2) is 13.0 Å². The number of amides is 1. The number of nitrogens with zero attached hydrogens (tertiary/aromatic N) is 1. The minimum atomic E-state index is -0.861. The van der Waals surface area contributed by atoms with Crippen molar-refractivity contribution in [3.63, 3.8) is 0 Å². The third-order valence-corrected chi connectivity index (χ3v) is 3.40. The van der Waals surface area contributed by atoms with Gasteiger partial charge in [0.2, 0.25) is 5.91 Å². The number of benzene rings is 1. The van der Waals surface area contributed by atoms with Crippen molar-refractivity contribution in [3.8, 4) is 11.8 Å². The molecular weight excluding hydrogens is 228 g/mol. The fraction of sp³-hybridized carbons (Fsp3) is 0.429. The van der Waals surface area contributed by atoms with Gasteiger partial charge < -0.3 is 10.1 Å². The van der Waals surface area contributed by atoms with Gasteiger partial charge in [-0.25, -0.2) is 0 Å². The van der Waals surface area contributed by atoms with Crippen LogP contribution in [0.4, 0.5) is 5.69 Å². The minimum absolute atomic E-state index is 0.229. The van der Waals surface area contributed by atoms with E-state index in [0.29, 0.717) is 30.2 Å². The number of rotatable bonds is 3. The molecule has 0 heterocycles. The normalized spacial score (nSPS) is 25.7. The maximum atomic E-state index is 12.2. The maximum absolute atomic E-state index is 12.2. The molecule has 1 amide bonds. The summed E-state index contributed by atoms with van der Waals surface area (Å²) in [5.41, 5.74) is -0.250. The second kappa shape index (κ2) is 4.69. The third-order valence-electron chi connectivity index (χ3n) is 3.40. The summed E-state index contributed by atoms with van der Waals surface area (Å²) < 4.78 is 5.17. The van der Waals surface area contributed by atoms with E-state index in [1.807, 2.05) is 19.1 Å². The van der Waals surface area contributed by atoms with E-state index < -0.39 is 5.41 Å². The molecule has 1 aliphatic rings. The van der Waals surface area contributed by atoms with Crippen LogP contribution in [0.1, 0.15) is 19.8 Å². The van der Waals surface area contributed by atoms with Crippen LogP contribution in [0.3, 0.4) is 0 Å². The lowest BCUT2D eigenvalue weighted by Gasteiger charge is -2.39. The number of carbonyl (C=O) groups is 1. The summed E-state index contributed by atoms with van der Waals surface area (Å²) >= 11 is 0. The highest BCUT2D eigenvalue weighted by Crippen LogP contribution is 2.46. The Morgan fingerprint density at radius 2 is 2.17 bits per heavy atom. The topological polar surface area (TPSA) is 62.1 Å². The van der Waals surface area contributed by atoms with E-state index in [9.17, 15) is 10.1 Å². The molecule has 0 aromatic heterocycles. The van der Waals surface area contributed by atoms with Crippen molar-refractivity contribution >= 4 is 11.6 Å². The molecule has 0 saturated heterocycles. The van der Waals surface area contributed by atoms with Crippen LogP contribution in [0, 0.1) is 22.7 Å². The number of ether oxygens (including phenoxy) is 1. The van der Waals surface area contributed by atoms with E-state index in [0.717, 1.165) is 0 Å². The van der Waals surface area contributed by atoms with Gasteiger partial charge in [-0.15, -0.1) is 0 Å². The molecule has 18 heavy (non-hydrogen) atoms. The fourth-order valence-corrected chi connectivity index (χ4v) is 2.45. The standard InChI is InChI=1S/C14H16N2O2/c1-10-7-14(8-10,9-15)13(17)16-11-5-3-4-6-12(11)18-2/h3-6,10H,7-8H2,1-2H3,(H,16,17). The van der Waals surface area contributed by atoms with Gasteiger partial charge in [-0.3, -0.25) is 4.79 Å². The van der Waals surface area contributed by atoms with E-state index in [2.05, 4.69) is 11.4 Å². The van der Waals surface area contributed by atoms with Crippen LogP contribution in [0.5, 0.6) is 5.75 Å². The van der Waals surface area contributed by atoms with Gasteiger partial charge in [0.05, 0.1) is 18.9 Å². The molecule has 4 heteroatoms.